The van der Waals surface area contributed by atoms with Gasteiger partial charge >= 0.3 is 5.97 Å². The van der Waals surface area contributed by atoms with E-state index in [1.54, 1.807) is 0 Å². The fourth-order valence-corrected chi connectivity index (χ4v) is 3.19. The Hall–Kier alpha value is -1.51. The van der Waals surface area contributed by atoms with E-state index in [1.807, 2.05) is 24.3 Å². The molecule has 1 fully saturated rings. The van der Waals surface area contributed by atoms with Crippen LogP contribution in [0.15, 0.2) is 24.3 Å². The van der Waals surface area contributed by atoms with Crippen molar-refractivity contribution in [3.63, 3.8) is 0 Å². The first-order valence-corrected chi connectivity index (χ1v) is 5.73. The smallest absolute Gasteiger partial charge is 0.345 e. The Morgan fingerprint density at radius 3 is 2.69 bits per heavy atom. The van der Waals surface area contributed by atoms with Gasteiger partial charge in [-0.25, -0.2) is 4.79 Å². The van der Waals surface area contributed by atoms with Gasteiger partial charge in [-0.05, 0) is 18.9 Å². The summed E-state index contributed by atoms with van der Waals surface area (Å²) in [5.41, 5.74) is 0.836. The highest BCUT2D eigenvalue weighted by Crippen LogP contribution is 2.52. The van der Waals surface area contributed by atoms with Crippen LogP contribution in [-0.4, -0.2) is 17.2 Å². The number of fused-ring (bicyclic) bond motifs is 2. The number of aliphatic carboxylic acids is 1. The Bertz CT molecular complexity index is 433. The normalized spacial score (nSPS) is 25.4. The highest BCUT2D eigenvalue weighted by molar-refractivity contribution is 5.77. The molecule has 84 valence electrons. The minimum Gasteiger partial charge on any atom is -0.478 e. The summed E-state index contributed by atoms with van der Waals surface area (Å²) in [7, 11) is 0. The Morgan fingerprint density at radius 2 is 2.00 bits per heavy atom. The predicted molar refractivity (Wildman–Crippen MR) is 58.6 cm³/mol. The summed E-state index contributed by atoms with van der Waals surface area (Å²) in [5.74, 6) is -0.0742. The summed E-state index contributed by atoms with van der Waals surface area (Å²) in [4.78, 5) is 11.3. The molecular weight excluding hydrogens is 204 g/mol. The van der Waals surface area contributed by atoms with Crippen LogP contribution in [0, 0.1) is 0 Å². The molecule has 3 nitrogen and oxygen atoms in total. The van der Waals surface area contributed by atoms with Crippen molar-refractivity contribution in [3.8, 4) is 5.75 Å². The number of hydrogen-bond acceptors (Lipinski definition) is 2. The third-order valence-electron chi connectivity index (χ3n) is 3.89. The molecule has 3 rings (SSSR count). The third-order valence-corrected chi connectivity index (χ3v) is 3.89. The molecule has 0 aromatic heterocycles. The van der Waals surface area contributed by atoms with E-state index in [1.165, 1.54) is 0 Å². The lowest BCUT2D eigenvalue weighted by atomic mass is 9.75. The van der Waals surface area contributed by atoms with Crippen LogP contribution < -0.4 is 4.74 Å². The van der Waals surface area contributed by atoms with Crippen molar-refractivity contribution in [2.75, 3.05) is 0 Å². The van der Waals surface area contributed by atoms with Gasteiger partial charge < -0.3 is 9.84 Å². The monoisotopic (exact) mass is 218 g/mol. The van der Waals surface area contributed by atoms with Crippen LogP contribution in [-0.2, 0) is 10.2 Å². The molecule has 0 bridgehead atoms. The molecular formula is C13H14O3. The number of rotatable bonds is 1. The van der Waals surface area contributed by atoms with Crippen molar-refractivity contribution in [2.45, 2.75) is 37.2 Å². The zero-order valence-electron chi connectivity index (χ0n) is 8.98. The van der Waals surface area contributed by atoms with Gasteiger partial charge in [-0.1, -0.05) is 31.0 Å². The van der Waals surface area contributed by atoms with Crippen molar-refractivity contribution in [1.82, 2.24) is 0 Å². The number of ether oxygens (including phenoxy) is 1. The Labute approximate surface area is 94.0 Å². The molecule has 1 heterocycles. The summed E-state index contributed by atoms with van der Waals surface area (Å²) in [6.45, 7) is 0. The molecule has 1 aromatic carbocycles. The molecule has 16 heavy (non-hydrogen) atoms. The molecule has 1 aliphatic heterocycles. The Balaban J connectivity index is 2.13. The lowest BCUT2D eigenvalue weighted by molar-refractivity contribution is -0.147. The average molecular weight is 218 g/mol. The van der Waals surface area contributed by atoms with Crippen LogP contribution in [0.25, 0.3) is 0 Å². The summed E-state index contributed by atoms with van der Waals surface area (Å²) >= 11 is 0. The summed E-state index contributed by atoms with van der Waals surface area (Å²) < 4.78 is 5.61. The van der Waals surface area contributed by atoms with Crippen LogP contribution in [0.1, 0.15) is 31.2 Å². The first-order chi connectivity index (χ1) is 7.74. The van der Waals surface area contributed by atoms with Crippen LogP contribution in [0.3, 0.4) is 0 Å². The van der Waals surface area contributed by atoms with Gasteiger partial charge in [-0.15, -0.1) is 0 Å². The fraction of sp³-hybridized carbons (Fsp3) is 0.462. The van der Waals surface area contributed by atoms with E-state index in [2.05, 4.69) is 0 Å². The van der Waals surface area contributed by atoms with Crippen LogP contribution >= 0.6 is 0 Å². The van der Waals surface area contributed by atoms with E-state index >= 15 is 0 Å². The first kappa shape index (κ1) is 9.70. The molecule has 1 spiro atoms. The van der Waals surface area contributed by atoms with Crippen LogP contribution in [0.4, 0.5) is 0 Å². The standard InChI is InChI=1S/C13H14O3/c14-12(15)11-13(7-3-4-8-13)9-5-1-2-6-10(9)16-11/h1-2,5-6,11H,3-4,7-8H2,(H,14,15). The number of carbonyl (C=O) groups is 1. The van der Waals surface area contributed by atoms with Gasteiger partial charge in [-0.2, -0.15) is 0 Å². The van der Waals surface area contributed by atoms with Gasteiger partial charge in [-0.3, -0.25) is 0 Å². The summed E-state index contributed by atoms with van der Waals surface area (Å²) in [5, 5.41) is 9.29. The molecule has 1 saturated carbocycles. The maximum atomic E-state index is 11.3. The fourth-order valence-electron chi connectivity index (χ4n) is 3.19. The molecule has 3 heteroatoms. The van der Waals surface area contributed by atoms with Gasteiger partial charge in [0.1, 0.15) is 5.75 Å². The molecule has 2 aliphatic rings. The van der Waals surface area contributed by atoms with Crippen molar-refractivity contribution in [1.29, 1.82) is 0 Å². The zero-order valence-corrected chi connectivity index (χ0v) is 8.98. The minimum absolute atomic E-state index is 0.261. The minimum atomic E-state index is -0.835. The second-order valence-corrected chi connectivity index (χ2v) is 4.70. The van der Waals surface area contributed by atoms with E-state index in [0.717, 1.165) is 37.0 Å². The molecule has 1 aromatic rings. The molecule has 0 radical (unpaired) electrons. The third kappa shape index (κ3) is 1.11. The highest BCUT2D eigenvalue weighted by Gasteiger charge is 2.53. The maximum absolute atomic E-state index is 11.3. The Kier molecular flexibility index (Phi) is 1.96. The second kappa shape index (κ2) is 3.24. The van der Waals surface area contributed by atoms with Crippen LogP contribution in [0.2, 0.25) is 0 Å². The highest BCUT2D eigenvalue weighted by atomic mass is 16.5. The average Bonchev–Trinajstić information content (AvgIpc) is 2.87. The van der Waals surface area contributed by atoms with Crippen molar-refractivity contribution < 1.29 is 14.6 Å². The van der Waals surface area contributed by atoms with E-state index in [0.29, 0.717) is 0 Å². The maximum Gasteiger partial charge on any atom is 0.345 e. The van der Waals surface area contributed by atoms with Gasteiger partial charge in [0.25, 0.3) is 0 Å². The lowest BCUT2D eigenvalue weighted by Gasteiger charge is -2.26. The number of carboxylic acid groups (broad SMARTS) is 1. The topological polar surface area (TPSA) is 46.5 Å². The van der Waals surface area contributed by atoms with Crippen molar-refractivity contribution in [2.24, 2.45) is 0 Å². The van der Waals surface area contributed by atoms with E-state index in [4.69, 9.17) is 4.74 Å². The van der Waals surface area contributed by atoms with Crippen LogP contribution in [0.5, 0.6) is 5.75 Å². The van der Waals surface area contributed by atoms with E-state index < -0.39 is 12.1 Å². The number of para-hydroxylation sites is 1. The molecule has 1 N–H and O–H groups in total. The summed E-state index contributed by atoms with van der Waals surface area (Å²) in [6.07, 6.45) is 3.37. The predicted octanol–water partition coefficient (Wildman–Crippen LogP) is 2.34. The first-order valence-electron chi connectivity index (χ1n) is 5.73. The summed E-state index contributed by atoms with van der Waals surface area (Å²) in [6, 6.07) is 7.75. The zero-order chi connectivity index (χ0) is 11.2. The quantitative estimate of drug-likeness (QED) is 0.787. The van der Waals surface area contributed by atoms with Crippen molar-refractivity contribution >= 4 is 5.97 Å². The second-order valence-electron chi connectivity index (χ2n) is 4.70. The number of carboxylic acids is 1. The molecule has 0 amide bonds. The van der Waals surface area contributed by atoms with Gasteiger partial charge in [0, 0.05) is 11.0 Å². The molecule has 1 atom stereocenters. The van der Waals surface area contributed by atoms with Crippen molar-refractivity contribution in [3.05, 3.63) is 29.8 Å². The largest absolute Gasteiger partial charge is 0.478 e. The number of benzene rings is 1. The van der Waals surface area contributed by atoms with Gasteiger partial charge in [0.15, 0.2) is 0 Å². The SMILES string of the molecule is O=C(O)C1Oc2ccccc2C12CCCC2. The molecule has 1 aliphatic carbocycles. The van der Waals surface area contributed by atoms with E-state index in [9.17, 15) is 9.90 Å². The lowest BCUT2D eigenvalue weighted by Crippen LogP contribution is -2.41. The van der Waals surface area contributed by atoms with Gasteiger partial charge in [0.05, 0.1) is 0 Å². The van der Waals surface area contributed by atoms with Gasteiger partial charge in [0.2, 0.25) is 6.10 Å². The Morgan fingerprint density at radius 1 is 1.31 bits per heavy atom. The molecule has 0 saturated heterocycles. The van der Waals surface area contributed by atoms with E-state index in [-0.39, 0.29) is 5.41 Å². The molecule has 1 unspecified atom stereocenters. The number of hydrogen-bond donors (Lipinski definition) is 1.